The van der Waals surface area contributed by atoms with Crippen LogP contribution in [-0.4, -0.2) is 16.4 Å². The van der Waals surface area contributed by atoms with Gasteiger partial charge in [0.25, 0.3) is 0 Å². The Hall–Kier alpha value is -0.280. The molecular weight excluding hydrogens is 288 g/mol. The van der Waals surface area contributed by atoms with Crippen molar-refractivity contribution in [3.05, 3.63) is 22.3 Å². The third-order valence-corrected chi connectivity index (χ3v) is 4.02. The number of nitrogens with one attached hydrogen (secondary N) is 1. The van der Waals surface area contributed by atoms with Crippen molar-refractivity contribution >= 4 is 33.3 Å². The third kappa shape index (κ3) is 3.11. The largest absolute Gasteiger partial charge is 0.366 e. The summed E-state index contributed by atoms with van der Waals surface area (Å²) in [4.78, 5) is 4.40. The lowest BCUT2D eigenvalue weighted by Crippen LogP contribution is -2.26. The van der Waals surface area contributed by atoms with Crippen molar-refractivity contribution in [3.8, 4) is 0 Å². The zero-order valence-corrected chi connectivity index (χ0v) is 11.7. The van der Waals surface area contributed by atoms with Crippen molar-refractivity contribution in [2.75, 3.05) is 5.32 Å². The third-order valence-electron chi connectivity index (χ3n) is 2.98. The second kappa shape index (κ2) is 5.37. The van der Waals surface area contributed by atoms with E-state index in [1.807, 2.05) is 13.1 Å². The fraction of sp³-hybridized carbons (Fsp3) is 0.583. The standard InChI is InChI=1S/C12H16BrClN2/c1-8-6-11(13)12(15-7-8)16-10-4-2-9(14)3-5-10/h6-7,9-10H,2-5H2,1H3,(H,15,16). The van der Waals surface area contributed by atoms with Gasteiger partial charge in [0.2, 0.25) is 0 Å². The molecule has 1 heterocycles. The van der Waals surface area contributed by atoms with Gasteiger partial charge in [-0.15, -0.1) is 11.6 Å². The van der Waals surface area contributed by atoms with Gasteiger partial charge in [-0.05, 0) is 60.2 Å². The van der Waals surface area contributed by atoms with E-state index in [2.05, 4.69) is 32.3 Å². The number of alkyl halides is 1. The van der Waals surface area contributed by atoms with E-state index in [1.54, 1.807) is 0 Å². The first-order chi connectivity index (χ1) is 7.65. The molecule has 2 rings (SSSR count). The SMILES string of the molecule is Cc1cnc(NC2CCC(Cl)CC2)c(Br)c1. The molecule has 0 spiro atoms. The van der Waals surface area contributed by atoms with Gasteiger partial charge in [0.1, 0.15) is 5.82 Å². The molecule has 16 heavy (non-hydrogen) atoms. The lowest BCUT2D eigenvalue weighted by atomic mass is 9.95. The molecule has 88 valence electrons. The van der Waals surface area contributed by atoms with Crippen molar-refractivity contribution in [2.45, 2.75) is 44.0 Å². The first-order valence-electron chi connectivity index (χ1n) is 5.68. The topological polar surface area (TPSA) is 24.9 Å². The van der Waals surface area contributed by atoms with E-state index in [1.165, 1.54) is 5.56 Å². The Kier molecular flexibility index (Phi) is 4.09. The van der Waals surface area contributed by atoms with Gasteiger partial charge in [-0.2, -0.15) is 0 Å². The molecule has 1 aliphatic carbocycles. The van der Waals surface area contributed by atoms with Gasteiger partial charge in [-0.25, -0.2) is 4.98 Å². The normalized spacial score (nSPS) is 25.4. The second-order valence-corrected chi connectivity index (χ2v) is 5.91. The molecule has 0 unspecified atom stereocenters. The van der Waals surface area contributed by atoms with Crippen LogP contribution in [0.25, 0.3) is 0 Å². The molecule has 4 heteroatoms. The molecule has 1 saturated carbocycles. The fourth-order valence-corrected chi connectivity index (χ4v) is 2.86. The Bertz CT molecular complexity index is 362. The number of pyridine rings is 1. The highest BCUT2D eigenvalue weighted by Gasteiger charge is 2.20. The van der Waals surface area contributed by atoms with E-state index < -0.39 is 0 Å². The molecular formula is C12H16BrClN2. The number of hydrogen-bond donors (Lipinski definition) is 1. The maximum atomic E-state index is 6.08. The predicted octanol–water partition coefficient (Wildman–Crippen LogP) is 4.11. The number of rotatable bonds is 2. The van der Waals surface area contributed by atoms with Crippen LogP contribution >= 0.6 is 27.5 Å². The van der Waals surface area contributed by atoms with Crippen molar-refractivity contribution in [2.24, 2.45) is 0 Å². The molecule has 0 aliphatic heterocycles. The fourth-order valence-electron chi connectivity index (χ4n) is 2.03. The van der Waals surface area contributed by atoms with Gasteiger partial charge in [0.05, 0.1) is 4.47 Å². The van der Waals surface area contributed by atoms with Crippen molar-refractivity contribution in [1.82, 2.24) is 4.98 Å². The molecule has 2 nitrogen and oxygen atoms in total. The summed E-state index contributed by atoms with van der Waals surface area (Å²) in [6.45, 7) is 2.04. The van der Waals surface area contributed by atoms with Crippen LogP contribution in [0.3, 0.4) is 0 Å². The van der Waals surface area contributed by atoms with Crippen molar-refractivity contribution < 1.29 is 0 Å². The molecule has 0 radical (unpaired) electrons. The highest BCUT2D eigenvalue weighted by molar-refractivity contribution is 9.10. The molecule has 0 bridgehead atoms. The summed E-state index contributed by atoms with van der Waals surface area (Å²) in [7, 11) is 0. The smallest absolute Gasteiger partial charge is 0.140 e. The highest BCUT2D eigenvalue weighted by Crippen LogP contribution is 2.27. The maximum Gasteiger partial charge on any atom is 0.140 e. The summed E-state index contributed by atoms with van der Waals surface area (Å²) in [6, 6.07) is 2.60. The van der Waals surface area contributed by atoms with Crippen LogP contribution in [0.15, 0.2) is 16.7 Å². The lowest BCUT2D eigenvalue weighted by Gasteiger charge is -2.26. The molecule has 0 amide bonds. The summed E-state index contributed by atoms with van der Waals surface area (Å²) in [5.74, 6) is 0.948. The summed E-state index contributed by atoms with van der Waals surface area (Å²) in [6.07, 6.45) is 6.36. The Morgan fingerprint density at radius 1 is 1.38 bits per heavy atom. The molecule has 0 aromatic carbocycles. The summed E-state index contributed by atoms with van der Waals surface area (Å²) in [5, 5.41) is 3.85. The highest BCUT2D eigenvalue weighted by atomic mass is 79.9. The number of aryl methyl sites for hydroxylation is 1. The van der Waals surface area contributed by atoms with E-state index in [-0.39, 0.29) is 0 Å². The molecule has 1 aliphatic rings. The van der Waals surface area contributed by atoms with Crippen LogP contribution in [0, 0.1) is 6.92 Å². The number of aromatic nitrogens is 1. The van der Waals surface area contributed by atoms with Crippen LogP contribution in [0.2, 0.25) is 0 Å². The van der Waals surface area contributed by atoms with Crippen LogP contribution in [0.1, 0.15) is 31.2 Å². The van der Waals surface area contributed by atoms with Gasteiger partial charge < -0.3 is 5.32 Å². The van der Waals surface area contributed by atoms with E-state index in [9.17, 15) is 0 Å². The van der Waals surface area contributed by atoms with E-state index in [0.29, 0.717) is 11.4 Å². The zero-order chi connectivity index (χ0) is 11.5. The molecule has 1 aromatic heterocycles. The quantitative estimate of drug-likeness (QED) is 0.832. The predicted molar refractivity (Wildman–Crippen MR) is 72.2 cm³/mol. The van der Waals surface area contributed by atoms with Gasteiger partial charge in [0.15, 0.2) is 0 Å². The van der Waals surface area contributed by atoms with Crippen LogP contribution in [-0.2, 0) is 0 Å². The monoisotopic (exact) mass is 302 g/mol. The van der Waals surface area contributed by atoms with Gasteiger partial charge in [-0.1, -0.05) is 0 Å². The average Bonchev–Trinajstić information content (AvgIpc) is 2.25. The van der Waals surface area contributed by atoms with E-state index in [0.717, 1.165) is 36.0 Å². The Morgan fingerprint density at radius 2 is 2.06 bits per heavy atom. The maximum absolute atomic E-state index is 6.08. The molecule has 0 saturated heterocycles. The molecule has 1 N–H and O–H groups in total. The Balaban J connectivity index is 1.98. The van der Waals surface area contributed by atoms with Crippen LogP contribution in [0.4, 0.5) is 5.82 Å². The molecule has 1 fully saturated rings. The van der Waals surface area contributed by atoms with Crippen molar-refractivity contribution in [1.29, 1.82) is 0 Å². The second-order valence-electron chi connectivity index (χ2n) is 4.44. The number of hydrogen-bond acceptors (Lipinski definition) is 2. The van der Waals surface area contributed by atoms with Gasteiger partial charge in [0, 0.05) is 17.6 Å². The van der Waals surface area contributed by atoms with Gasteiger partial charge in [-0.3, -0.25) is 0 Å². The summed E-state index contributed by atoms with van der Waals surface area (Å²) in [5.41, 5.74) is 1.17. The van der Waals surface area contributed by atoms with Crippen LogP contribution < -0.4 is 5.32 Å². The minimum Gasteiger partial charge on any atom is -0.366 e. The minimum atomic E-state index is 0.368. The number of anilines is 1. The first kappa shape index (κ1) is 12.2. The average molecular weight is 304 g/mol. The van der Waals surface area contributed by atoms with E-state index >= 15 is 0 Å². The summed E-state index contributed by atoms with van der Waals surface area (Å²) < 4.78 is 1.04. The molecule has 0 atom stereocenters. The zero-order valence-electron chi connectivity index (χ0n) is 9.34. The first-order valence-corrected chi connectivity index (χ1v) is 6.91. The van der Waals surface area contributed by atoms with Gasteiger partial charge >= 0.3 is 0 Å². The number of halogens is 2. The van der Waals surface area contributed by atoms with Crippen molar-refractivity contribution in [3.63, 3.8) is 0 Å². The summed E-state index contributed by atoms with van der Waals surface area (Å²) >= 11 is 9.62. The Morgan fingerprint density at radius 3 is 2.69 bits per heavy atom. The van der Waals surface area contributed by atoms with E-state index in [4.69, 9.17) is 11.6 Å². The van der Waals surface area contributed by atoms with Crippen LogP contribution in [0.5, 0.6) is 0 Å². The lowest BCUT2D eigenvalue weighted by molar-refractivity contribution is 0.467. The Labute approximate surface area is 110 Å². The minimum absolute atomic E-state index is 0.368. The number of nitrogens with zero attached hydrogens (tertiary/aromatic N) is 1. The molecule has 1 aromatic rings.